The molecule has 0 atom stereocenters. The Hall–Kier alpha value is -6.36. The molecule has 0 unspecified atom stereocenters. The molecule has 11 aromatic rings. The van der Waals surface area contributed by atoms with Gasteiger partial charge in [-0.3, -0.25) is 0 Å². The molecule has 50 heavy (non-hydrogen) atoms. The van der Waals surface area contributed by atoms with Gasteiger partial charge in [0.1, 0.15) is 22.3 Å². The van der Waals surface area contributed by atoms with E-state index in [1.54, 1.807) is 0 Å². The van der Waals surface area contributed by atoms with Crippen LogP contribution in [0.1, 0.15) is 0 Å². The molecule has 0 radical (unpaired) electrons. The number of anilines is 3. The minimum absolute atomic E-state index is 0.861. The lowest BCUT2D eigenvalue weighted by Crippen LogP contribution is -2.10. The normalized spacial score (nSPS) is 12.0. The second-order valence-electron chi connectivity index (χ2n) is 12.9. The highest BCUT2D eigenvalue weighted by Crippen LogP contribution is 2.47. The molecule has 0 aliphatic carbocycles. The van der Waals surface area contributed by atoms with Gasteiger partial charge in [-0.15, -0.1) is 11.3 Å². The van der Waals surface area contributed by atoms with E-state index < -0.39 is 0 Å². The molecule has 0 bridgehead atoms. The zero-order chi connectivity index (χ0) is 32.8. The van der Waals surface area contributed by atoms with Crippen LogP contribution >= 0.6 is 11.3 Å². The van der Waals surface area contributed by atoms with Crippen LogP contribution in [-0.4, -0.2) is 0 Å². The number of benzene rings is 8. The van der Waals surface area contributed by atoms with E-state index in [0.717, 1.165) is 71.7 Å². The standard InChI is InChI=1S/C46H27NO2S/c1-2-13-32-28(10-1)22-24-37-44-39(18-9-20-42(44)49-45(32)37)47(31-23-25-41-38(27-31)34-14-3-5-19-40(34)48-41)30-12-7-11-29(26-30)33-16-8-17-36-35-15-4-6-21-43(35)50-46(33)36/h1-27H. The van der Waals surface area contributed by atoms with Gasteiger partial charge in [0.15, 0.2) is 0 Å². The number of fused-ring (bicyclic) bond motifs is 11. The summed E-state index contributed by atoms with van der Waals surface area (Å²) in [4.78, 5) is 2.38. The molecule has 234 valence electrons. The molecular weight excluding hydrogens is 631 g/mol. The number of furan rings is 2. The van der Waals surface area contributed by atoms with Gasteiger partial charge in [0.25, 0.3) is 0 Å². The number of rotatable bonds is 4. The van der Waals surface area contributed by atoms with E-state index in [-0.39, 0.29) is 0 Å². The predicted molar refractivity (Wildman–Crippen MR) is 212 cm³/mol. The summed E-state index contributed by atoms with van der Waals surface area (Å²) in [6.07, 6.45) is 0. The fourth-order valence-electron chi connectivity index (χ4n) is 7.79. The first-order valence-electron chi connectivity index (χ1n) is 16.8. The van der Waals surface area contributed by atoms with Crippen molar-refractivity contribution < 1.29 is 8.83 Å². The molecule has 3 nitrogen and oxygen atoms in total. The topological polar surface area (TPSA) is 29.5 Å². The van der Waals surface area contributed by atoms with Gasteiger partial charge in [0.2, 0.25) is 0 Å². The maximum absolute atomic E-state index is 6.67. The molecule has 8 aromatic carbocycles. The Kier molecular flexibility index (Phi) is 5.83. The third-order valence-electron chi connectivity index (χ3n) is 10.0. The Morgan fingerprint density at radius 3 is 2.14 bits per heavy atom. The second kappa shape index (κ2) is 10.6. The molecule has 0 fully saturated rings. The second-order valence-corrected chi connectivity index (χ2v) is 13.9. The van der Waals surface area contributed by atoms with Gasteiger partial charge >= 0.3 is 0 Å². The summed E-state index contributed by atoms with van der Waals surface area (Å²) in [7, 11) is 0. The minimum atomic E-state index is 0.861. The number of nitrogens with zero attached hydrogens (tertiary/aromatic N) is 1. The van der Waals surface area contributed by atoms with E-state index in [1.807, 2.05) is 23.5 Å². The summed E-state index contributed by atoms with van der Waals surface area (Å²) in [5.41, 5.74) is 9.11. The van der Waals surface area contributed by atoms with E-state index in [2.05, 4.69) is 157 Å². The van der Waals surface area contributed by atoms with Gasteiger partial charge in [-0.05, 0) is 77.2 Å². The van der Waals surface area contributed by atoms with Gasteiger partial charge < -0.3 is 13.7 Å². The molecule has 0 aliphatic heterocycles. The van der Waals surface area contributed by atoms with Crippen LogP contribution in [0, 0.1) is 0 Å². The zero-order valence-electron chi connectivity index (χ0n) is 26.8. The lowest BCUT2D eigenvalue weighted by Gasteiger charge is -2.27. The summed E-state index contributed by atoms with van der Waals surface area (Å²) < 4.78 is 15.5. The van der Waals surface area contributed by atoms with E-state index in [9.17, 15) is 0 Å². The Balaban J connectivity index is 1.19. The maximum Gasteiger partial charge on any atom is 0.143 e. The Morgan fingerprint density at radius 2 is 1.18 bits per heavy atom. The van der Waals surface area contributed by atoms with E-state index >= 15 is 0 Å². The summed E-state index contributed by atoms with van der Waals surface area (Å²) in [5, 5.41) is 9.25. The lowest BCUT2D eigenvalue weighted by atomic mass is 10.0. The van der Waals surface area contributed by atoms with E-state index in [0.29, 0.717) is 0 Å². The van der Waals surface area contributed by atoms with Crippen molar-refractivity contribution in [1.82, 2.24) is 0 Å². The number of thiophene rings is 1. The van der Waals surface area contributed by atoms with Crippen LogP contribution in [0.25, 0.3) is 85.9 Å². The molecule has 3 heterocycles. The highest BCUT2D eigenvalue weighted by atomic mass is 32.1. The Labute approximate surface area is 290 Å². The van der Waals surface area contributed by atoms with Gasteiger partial charge in [-0.2, -0.15) is 0 Å². The number of hydrogen-bond donors (Lipinski definition) is 0. The Morgan fingerprint density at radius 1 is 0.440 bits per heavy atom. The largest absolute Gasteiger partial charge is 0.456 e. The van der Waals surface area contributed by atoms with Crippen LogP contribution in [0.5, 0.6) is 0 Å². The minimum Gasteiger partial charge on any atom is -0.456 e. The van der Waals surface area contributed by atoms with Crippen molar-refractivity contribution in [2.45, 2.75) is 0 Å². The van der Waals surface area contributed by atoms with Crippen LogP contribution in [0.15, 0.2) is 173 Å². The first-order valence-corrected chi connectivity index (χ1v) is 17.7. The van der Waals surface area contributed by atoms with Gasteiger partial charge in [0, 0.05) is 53.1 Å². The molecule has 0 saturated heterocycles. The molecular formula is C46H27NO2S. The fraction of sp³-hybridized carbons (Fsp3) is 0. The van der Waals surface area contributed by atoms with Crippen LogP contribution < -0.4 is 4.90 Å². The molecule has 0 saturated carbocycles. The van der Waals surface area contributed by atoms with Crippen molar-refractivity contribution in [3.8, 4) is 11.1 Å². The molecule has 0 aliphatic rings. The maximum atomic E-state index is 6.67. The SMILES string of the molecule is c1cc(-c2cccc3c2sc2ccccc23)cc(N(c2ccc3oc4ccccc4c3c2)c2cccc3oc4c5ccccc5ccc4c23)c1. The molecule has 0 spiro atoms. The third-order valence-corrected chi connectivity index (χ3v) is 11.3. The van der Waals surface area contributed by atoms with Crippen LogP contribution in [0.4, 0.5) is 17.1 Å². The average Bonchev–Trinajstić information content (AvgIpc) is 3.87. The third kappa shape index (κ3) is 4.03. The van der Waals surface area contributed by atoms with E-state index in [4.69, 9.17) is 8.83 Å². The van der Waals surface area contributed by atoms with Crippen LogP contribution in [0.3, 0.4) is 0 Å². The summed E-state index contributed by atoms with van der Waals surface area (Å²) in [6, 6.07) is 58.3. The van der Waals surface area contributed by atoms with Crippen LogP contribution in [0.2, 0.25) is 0 Å². The van der Waals surface area contributed by atoms with Crippen molar-refractivity contribution >= 4 is 103 Å². The lowest BCUT2D eigenvalue weighted by molar-refractivity contribution is 0.669. The highest BCUT2D eigenvalue weighted by Gasteiger charge is 2.22. The molecule has 0 N–H and O–H groups in total. The fourth-order valence-corrected chi connectivity index (χ4v) is 9.03. The number of para-hydroxylation sites is 1. The van der Waals surface area contributed by atoms with Crippen molar-refractivity contribution in [3.05, 3.63) is 164 Å². The summed E-state index contributed by atoms with van der Waals surface area (Å²) >= 11 is 1.86. The van der Waals surface area contributed by atoms with Crippen LogP contribution in [-0.2, 0) is 0 Å². The van der Waals surface area contributed by atoms with Crippen molar-refractivity contribution in [2.24, 2.45) is 0 Å². The van der Waals surface area contributed by atoms with Crippen molar-refractivity contribution in [1.29, 1.82) is 0 Å². The van der Waals surface area contributed by atoms with Crippen molar-refractivity contribution in [3.63, 3.8) is 0 Å². The van der Waals surface area contributed by atoms with Crippen molar-refractivity contribution in [2.75, 3.05) is 4.90 Å². The highest BCUT2D eigenvalue weighted by molar-refractivity contribution is 7.26. The Bertz CT molecular complexity index is 3130. The van der Waals surface area contributed by atoms with Gasteiger partial charge in [-0.1, -0.05) is 103 Å². The van der Waals surface area contributed by atoms with E-state index in [1.165, 1.54) is 31.3 Å². The molecule has 4 heteroatoms. The number of hydrogen-bond acceptors (Lipinski definition) is 4. The zero-order valence-corrected chi connectivity index (χ0v) is 27.6. The molecule has 0 amide bonds. The van der Waals surface area contributed by atoms with Gasteiger partial charge in [0.05, 0.1) is 11.1 Å². The predicted octanol–water partition coefficient (Wildman–Crippen LogP) is 14.1. The summed E-state index contributed by atoms with van der Waals surface area (Å²) in [5.74, 6) is 0. The summed E-state index contributed by atoms with van der Waals surface area (Å²) in [6.45, 7) is 0. The molecule has 3 aromatic heterocycles. The molecule has 11 rings (SSSR count). The average molecular weight is 658 g/mol. The quantitative estimate of drug-likeness (QED) is 0.189. The smallest absolute Gasteiger partial charge is 0.143 e. The van der Waals surface area contributed by atoms with Gasteiger partial charge in [-0.25, -0.2) is 0 Å². The monoisotopic (exact) mass is 657 g/mol. The first-order chi connectivity index (χ1) is 24.8. The first kappa shape index (κ1) is 27.6.